The Labute approximate surface area is 103 Å². The number of fused-ring (bicyclic) bond motifs is 2. The molecule has 4 heteroatoms. The maximum Gasteiger partial charge on any atom is 0.0945 e. The molecule has 0 unspecified atom stereocenters. The van der Waals surface area contributed by atoms with Crippen LogP contribution >= 0.6 is 0 Å². The number of nitrogens with zero attached hydrogens (tertiary/aromatic N) is 4. The number of hydrogen-bond acceptors (Lipinski definition) is 2. The third-order valence-corrected chi connectivity index (χ3v) is 3.05. The lowest BCUT2D eigenvalue weighted by Gasteiger charge is -2.01. The second kappa shape index (κ2) is 3.43. The molecule has 86 valence electrons. The first-order valence-electron chi connectivity index (χ1n) is 5.80. The van der Waals surface area contributed by atoms with E-state index in [1.807, 2.05) is 60.9 Å². The van der Waals surface area contributed by atoms with Crippen molar-refractivity contribution in [2.75, 3.05) is 0 Å². The molecule has 0 aliphatic heterocycles. The zero-order valence-electron chi connectivity index (χ0n) is 9.56. The van der Waals surface area contributed by atoms with E-state index in [0.29, 0.717) is 0 Å². The first kappa shape index (κ1) is 9.41. The number of rotatable bonds is 1. The summed E-state index contributed by atoms with van der Waals surface area (Å²) in [5, 5.41) is 11.1. The van der Waals surface area contributed by atoms with Crippen LogP contribution in [0.5, 0.6) is 0 Å². The van der Waals surface area contributed by atoms with Gasteiger partial charge in [0.2, 0.25) is 0 Å². The zero-order chi connectivity index (χ0) is 11.9. The molecule has 4 rings (SSSR count). The molecule has 0 bridgehead atoms. The Hall–Kier alpha value is -2.62. The molecule has 0 spiro atoms. The molecule has 0 N–H and O–H groups in total. The lowest BCUT2D eigenvalue weighted by Crippen LogP contribution is -2.10. The van der Waals surface area contributed by atoms with Crippen molar-refractivity contribution < 1.29 is 0 Å². The number of para-hydroxylation sites is 1. The second-order valence-electron chi connectivity index (χ2n) is 4.20. The van der Waals surface area contributed by atoms with E-state index >= 15 is 0 Å². The van der Waals surface area contributed by atoms with Gasteiger partial charge in [-0.15, -0.1) is 0 Å². The standard InChI is InChI=1S/C14H10N4/c1-3-7-13-12(6-1)10-17(16-13)18-14-8-4-2-5-11(14)9-15-18/h1-10H. The molecule has 2 aromatic heterocycles. The Morgan fingerprint density at radius 2 is 1.61 bits per heavy atom. The van der Waals surface area contributed by atoms with Gasteiger partial charge in [0.1, 0.15) is 0 Å². The molecule has 0 aliphatic carbocycles. The van der Waals surface area contributed by atoms with Crippen LogP contribution in [0.15, 0.2) is 60.9 Å². The smallest absolute Gasteiger partial charge is 0.0945 e. The van der Waals surface area contributed by atoms with Crippen LogP contribution in [0.1, 0.15) is 0 Å². The molecule has 0 fully saturated rings. The largest absolute Gasteiger partial charge is 0.158 e. The average molecular weight is 234 g/mol. The minimum absolute atomic E-state index is 0.970. The fourth-order valence-electron chi connectivity index (χ4n) is 2.17. The van der Waals surface area contributed by atoms with Gasteiger partial charge in [0.25, 0.3) is 0 Å². The van der Waals surface area contributed by atoms with Crippen LogP contribution in [0.3, 0.4) is 0 Å². The summed E-state index contributed by atoms with van der Waals surface area (Å²) in [6.07, 6.45) is 3.83. The maximum absolute atomic E-state index is 4.52. The van der Waals surface area contributed by atoms with Crippen molar-refractivity contribution in [2.24, 2.45) is 0 Å². The average Bonchev–Trinajstić information content (AvgIpc) is 3.02. The van der Waals surface area contributed by atoms with E-state index in [1.165, 1.54) is 0 Å². The summed E-state index contributed by atoms with van der Waals surface area (Å²) in [6.45, 7) is 0. The highest BCUT2D eigenvalue weighted by Gasteiger charge is 2.05. The minimum atomic E-state index is 0.970. The Morgan fingerprint density at radius 1 is 0.833 bits per heavy atom. The first-order chi connectivity index (χ1) is 8.92. The van der Waals surface area contributed by atoms with Crippen LogP contribution in [0.25, 0.3) is 21.8 Å². The molecule has 4 nitrogen and oxygen atoms in total. The molecule has 18 heavy (non-hydrogen) atoms. The van der Waals surface area contributed by atoms with Crippen LogP contribution in [-0.4, -0.2) is 19.8 Å². The van der Waals surface area contributed by atoms with Gasteiger partial charge in [0.05, 0.1) is 23.4 Å². The van der Waals surface area contributed by atoms with Gasteiger partial charge in [-0.1, -0.05) is 36.4 Å². The molecular weight excluding hydrogens is 224 g/mol. The summed E-state index contributed by atoms with van der Waals surface area (Å²) in [6, 6.07) is 16.1. The highest BCUT2D eigenvalue weighted by Crippen LogP contribution is 2.15. The Bertz CT molecular complexity index is 808. The fourth-order valence-corrected chi connectivity index (χ4v) is 2.17. The second-order valence-corrected chi connectivity index (χ2v) is 4.20. The van der Waals surface area contributed by atoms with Crippen molar-refractivity contribution in [3.8, 4) is 0 Å². The molecule has 0 saturated carbocycles. The third-order valence-electron chi connectivity index (χ3n) is 3.05. The molecule has 2 aromatic carbocycles. The predicted molar refractivity (Wildman–Crippen MR) is 70.3 cm³/mol. The van der Waals surface area contributed by atoms with E-state index in [4.69, 9.17) is 0 Å². The molecule has 0 atom stereocenters. The van der Waals surface area contributed by atoms with Gasteiger partial charge in [0.15, 0.2) is 0 Å². The van der Waals surface area contributed by atoms with Gasteiger partial charge < -0.3 is 0 Å². The number of aromatic nitrogens is 4. The van der Waals surface area contributed by atoms with Crippen molar-refractivity contribution in [2.45, 2.75) is 0 Å². The Balaban J connectivity index is 2.01. The Kier molecular flexibility index (Phi) is 1.80. The molecule has 0 radical (unpaired) electrons. The van der Waals surface area contributed by atoms with Gasteiger partial charge in [-0.05, 0) is 12.1 Å². The lowest BCUT2D eigenvalue weighted by atomic mass is 10.3. The van der Waals surface area contributed by atoms with Gasteiger partial charge in [-0.25, -0.2) is 0 Å². The van der Waals surface area contributed by atoms with Crippen LogP contribution in [0.2, 0.25) is 0 Å². The summed E-state index contributed by atoms with van der Waals surface area (Å²) in [4.78, 5) is 3.57. The summed E-state index contributed by atoms with van der Waals surface area (Å²) < 4.78 is 0. The molecule has 0 amide bonds. The topological polar surface area (TPSA) is 35.6 Å². The molecule has 2 heterocycles. The van der Waals surface area contributed by atoms with Crippen molar-refractivity contribution in [1.29, 1.82) is 0 Å². The van der Waals surface area contributed by atoms with Crippen molar-refractivity contribution in [3.05, 3.63) is 60.9 Å². The normalized spacial score (nSPS) is 11.3. The van der Waals surface area contributed by atoms with E-state index in [9.17, 15) is 0 Å². The van der Waals surface area contributed by atoms with Gasteiger partial charge in [-0.3, -0.25) is 0 Å². The monoisotopic (exact) mass is 234 g/mol. The maximum atomic E-state index is 4.52. The number of hydrogen-bond donors (Lipinski definition) is 0. The van der Waals surface area contributed by atoms with E-state index in [0.717, 1.165) is 21.8 Å². The first-order valence-corrected chi connectivity index (χ1v) is 5.80. The van der Waals surface area contributed by atoms with Crippen molar-refractivity contribution in [1.82, 2.24) is 19.8 Å². The van der Waals surface area contributed by atoms with Crippen molar-refractivity contribution in [3.63, 3.8) is 0 Å². The highest BCUT2D eigenvalue weighted by molar-refractivity contribution is 5.80. The zero-order valence-corrected chi connectivity index (χ0v) is 9.56. The van der Waals surface area contributed by atoms with Crippen molar-refractivity contribution >= 4 is 21.8 Å². The van der Waals surface area contributed by atoms with Crippen LogP contribution in [0, 0.1) is 0 Å². The minimum Gasteiger partial charge on any atom is -0.158 e. The van der Waals surface area contributed by atoms with Crippen LogP contribution in [0.4, 0.5) is 0 Å². The predicted octanol–water partition coefficient (Wildman–Crippen LogP) is 2.70. The van der Waals surface area contributed by atoms with Crippen LogP contribution in [-0.2, 0) is 0 Å². The fraction of sp³-hybridized carbons (Fsp3) is 0. The highest BCUT2D eigenvalue weighted by atomic mass is 15.7. The Morgan fingerprint density at radius 3 is 2.50 bits per heavy atom. The summed E-state index contributed by atoms with van der Waals surface area (Å²) >= 11 is 0. The lowest BCUT2D eigenvalue weighted by molar-refractivity contribution is 0.531. The van der Waals surface area contributed by atoms with Crippen LogP contribution < -0.4 is 0 Å². The molecular formula is C14H10N4. The third kappa shape index (κ3) is 1.26. The summed E-state index contributed by atoms with van der Waals surface area (Å²) in [7, 11) is 0. The van der Waals surface area contributed by atoms with E-state index in [2.05, 4.69) is 10.2 Å². The van der Waals surface area contributed by atoms with E-state index in [1.54, 1.807) is 9.58 Å². The van der Waals surface area contributed by atoms with E-state index < -0.39 is 0 Å². The van der Waals surface area contributed by atoms with Gasteiger partial charge in [-0.2, -0.15) is 19.8 Å². The SMILES string of the molecule is c1ccc2nn(-n3ncc4ccccc43)cc2c1. The summed E-state index contributed by atoms with van der Waals surface area (Å²) in [5.41, 5.74) is 2.02. The van der Waals surface area contributed by atoms with E-state index in [-0.39, 0.29) is 0 Å². The van der Waals surface area contributed by atoms with Gasteiger partial charge in [0, 0.05) is 10.8 Å². The van der Waals surface area contributed by atoms with Gasteiger partial charge >= 0.3 is 0 Å². The molecule has 0 saturated heterocycles. The molecule has 4 aromatic rings. The quantitative estimate of drug-likeness (QED) is 0.507. The summed E-state index contributed by atoms with van der Waals surface area (Å²) in [5.74, 6) is 0. The molecule has 0 aliphatic rings. The number of benzene rings is 2.